The number of halogens is 1. The quantitative estimate of drug-likeness (QED) is 0.805. The number of hydrogen-bond donors (Lipinski definition) is 2. The molecule has 22 heavy (non-hydrogen) atoms. The Hall–Kier alpha value is -2.61. The van der Waals surface area contributed by atoms with Crippen LogP contribution in [0.25, 0.3) is 0 Å². The van der Waals surface area contributed by atoms with Crippen molar-refractivity contribution in [1.29, 1.82) is 0 Å². The molecule has 8 nitrogen and oxygen atoms in total. The minimum Gasteiger partial charge on any atom is -0.479 e. The zero-order valence-corrected chi connectivity index (χ0v) is 12.0. The number of carbonyl (C=O) groups excluding carboxylic acids is 3. The van der Waals surface area contributed by atoms with Crippen molar-refractivity contribution in [2.45, 2.75) is 6.04 Å². The summed E-state index contributed by atoms with van der Waals surface area (Å²) in [5.41, 5.74) is 0.309. The average Bonchev–Trinajstić information content (AvgIpc) is 2.86. The first-order chi connectivity index (χ1) is 10.4. The molecular formula is C13H12ClN3O5. The number of urea groups is 2. The molecule has 0 spiro atoms. The van der Waals surface area contributed by atoms with Crippen LogP contribution in [-0.4, -0.2) is 52.4 Å². The van der Waals surface area contributed by atoms with E-state index in [1.54, 1.807) is 0 Å². The number of benzene rings is 1. The summed E-state index contributed by atoms with van der Waals surface area (Å²) >= 11 is 5.73. The lowest BCUT2D eigenvalue weighted by atomic mass is 10.1. The van der Waals surface area contributed by atoms with E-state index >= 15 is 0 Å². The highest BCUT2D eigenvalue weighted by Crippen LogP contribution is 2.18. The molecule has 2 rings (SSSR count). The van der Waals surface area contributed by atoms with Gasteiger partial charge in [-0.05, 0) is 17.7 Å². The third-order valence-corrected chi connectivity index (χ3v) is 3.38. The van der Waals surface area contributed by atoms with E-state index in [4.69, 9.17) is 11.6 Å². The molecule has 0 bridgehead atoms. The molecule has 9 heteroatoms. The molecule has 0 radical (unpaired) electrons. The van der Waals surface area contributed by atoms with Crippen LogP contribution in [-0.2, 0) is 9.59 Å². The molecule has 1 aliphatic rings. The molecule has 2 N–H and O–H groups in total. The molecule has 0 saturated carbocycles. The van der Waals surface area contributed by atoms with Gasteiger partial charge in [0.15, 0.2) is 6.04 Å². The van der Waals surface area contributed by atoms with Crippen LogP contribution in [0.1, 0.15) is 11.6 Å². The maximum absolute atomic E-state index is 12.0. The van der Waals surface area contributed by atoms with Gasteiger partial charge in [-0.1, -0.05) is 23.7 Å². The number of nitrogens with one attached hydrogen (secondary N) is 1. The Kier molecular flexibility index (Phi) is 4.62. The summed E-state index contributed by atoms with van der Waals surface area (Å²) in [6.45, 7) is 0.0881. The van der Waals surface area contributed by atoms with Gasteiger partial charge in [-0.15, -0.1) is 0 Å². The van der Waals surface area contributed by atoms with E-state index in [0.717, 1.165) is 9.80 Å². The number of carboxylic acids is 1. The number of amides is 5. The first-order valence-corrected chi connectivity index (χ1v) is 6.64. The lowest BCUT2D eigenvalue weighted by molar-refractivity contribution is -0.139. The molecule has 1 atom stereocenters. The van der Waals surface area contributed by atoms with Gasteiger partial charge in [0.25, 0.3) is 0 Å². The first kappa shape index (κ1) is 15.8. The first-order valence-electron chi connectivity index (χ1n) is 6.26. The number of carboxylic acid groups (broad SMARTS) is 1. The van der Waals surface area contributed by atoms with Gasteiger partial charge in [-0.25, -0.2) is 19.3 Å². The Morgan fingerprint density at radius 3 is 2.41 bits per heavy atom. The molecular weight excluding hydrogens is 314 g/mol. The summed E-state index contributed by atoms with van der Waals surface area (Å²) in [7, 11) is 0. The summed E-state index contributed by atoms with van der Waals surface area (Å²) in [5, 5.41) is 11.9. The minimum absolute atomic E-state index is 0.0103. The van der Waals surface area contributed by atoms with Gasteiger partial charge in [0.05, 0.1) is 6.54 Å². The number of carbonyl (C=O) groups is 4. The molecule has 1 aliphatic heterocycles. The van der Waals surface area contributed by atoms with Gasteiger partial charge >= 0.3 is 18.0 Å². The highest BCUT2D eigenvalue weighted by molar-refractivity contribution is 6.30. The molecule has 1 aromatic carbocycles. The fraction of sp³-hybridized carbons (Fsp3) is 0.231. The van der Waals surface area contributed by atoms with E-state index in [1.165, 1.54) is 24.3 Å². The Bertz CT molecular complexity index is 619. The standard InChI is InChI=1S/C13H12ClN3O5/c14-9-3-1-8(2-4-9)10(11(19)20)15-12(21)17-6-5-16(7-18)13(17)22/h1-4,7,10H,5-6H2,(H,15,21)(H,19,20). The predicted octanol–water partition coefficient (Wildman–Crippen LogP) is 1.07. The van der Waals surface area contributed by atoms with Gasteiger partial charge in [0.1, 0.15) is 0 Å². The van der Waals surface area contributed by atoms with Gasteiger partial charge in [0.2, 0.25) is 6.41 Å². The maximum Gasteiger partial charge on any atom is 0.334 e. The average molecular weight is 326 g/mol. The van der Waals surface area contributed by atoms with Crippen molar-refractivity contribution in [3.63, 3.8) is 0 Å². The van der Waals surface area contributed by atoms with Crippen molar-refractivity contribution in [2.75, 3.05) is 13.1 Å². The molecule has 1 heterocycles. The van der Waals surface area contributed by atoms with Crippen molar-refractivity contribution in [1.82, 2.24) is 15.1 Å². The Labute approximate surface area is 130 Å². The number of hydrogen-bond acceptors (Lipinski definition) is 4. The molecule has 0 aliphatic carbocycles. The molecule has 5 amide bonds. The lowest BCUT2D eigenvalue weighted by Crippen LogP contribution is -2.45. The second-order valence-electron chi connectivity index (χ2n) is 4.51. The van der Waals surface area contributed by atoms with E-state index in [2.05, 4.69) is 5.32 Å². The number of nitrogens with zero attached hydrogens (tertiary/aromatic N) is 2. The Balaban J connectivity index is 2.13. The van der Waals surface area contributed by atoms with Crippen LogP contribution in [0, 0.1) is 0 Å². The van der Waals surface area contributed by atoms with E-state index in [1.807, 2.05) is 0 Å². The van der Waals surface area contributed by atoms with E-state index in [0.29, 0.717) is 17.0 Å². The molecule has 1 aromatic rings. The van der Waals surface area contributed by atoms with Gasteiger partial charge in [0, 0.05) is 11.6 Å². The molecule has 1 fully saturated rings. The van der Waals surface area contributed by atoms with Crippen LogP contribution in [0.4, 0.5) is 9.59 Å². The fourth-order valence-electron chi connectivity index (χ4n) is 1.98. The molecule has 1 saturated heterocycles. The van der Waals surface area contributed by atoms with Gasteiger partial charge in [-0.2, -0.15) is 0 Å². The normalized spacial score (nSPS) is 15.6. The second-order valence-corrected chi connectivity index (χ2v) is 4.94. The van der Waals surface area contributed by atoms with Gasteiger partial charge < -0.3 is 10.4 Å². The third-order valence-electron chi connectivity index (χ3n) is 3.13. The van der Waals surface area contributed by atoms with Crippen LogP contribution in [0.5, 0.6) is 0 Å². The van der Waals surface area contributed by atoms with Crippen LogP contribution in [0.2, 0.25) is 5.02 Å². The van der Waals surface area contributed by atoms with Crippen molar-refractivity contribution in [3.05, 3.63) is 34.9 Å². The summed E-state index contributed by atoms with van der Waals surface area (Å²) in [5.74, 6) is -1.28. The molecule has 0 aromatic heterocycles. The van der Waals surface area contributed by atoms with E-state index in [-0.39, 0.29) is 13.1 Å². The smallest absolute Gasteiger partial charge is 0.334 e. The summed E-state index contributed by atoms with van der Waals surface area (Å²) in [6, 6.07) is 2.92. The van der Waals surface area contributed by atoms with Crippen LogP contribution in [0.3, 0.4) is 0 Å². The monoisotopic (exact) mass is 325 g/mol. The van der Waals surface area contributed by atoms with E-state index in [9.17, 15) is 24.3 Å². The SMILES string of the molecule is O=CN1CCN(C(=O)NC(C(=O)O)c2ccc(Cl)cc2)C1=O. The highest BCUT2D eigenvalue weighted by Gasteiger charge is 2.35. The van der Waals surface area contributed by atoms with Crippen LogP contribution >= 0.6 is 11.6 Å². The minimum atomic E-state index is -1.33. The number of aliphatic carboxylic acids is 1. The van der Waals surface area contributed by atoms with Crippen LogP contribution in [0.15, 0.2) is 24.3 Å². The number of imide groups is 2. The number of rotatable bonds is 4. The highest BCUT2D eigenvalue weighted by atomic mass is 35.5. The summed E-state index contributed by atoms with van der Waals surface area (Å²) in [6.07, 6.45) is 0.323. The zero-order valence-electron chi connectivity index (χ0n) is 11.2. The predicted molar refractivity (Wildman–Crippen MR) is 75.2 cm³/mol. The topological polar surface area (TPSA) is 107 Å². The third kappa shape index (κ3) is 3.17. The van der Waals surface area contributed by atoms with Crippen molar-refractivity contribution >= 4 is 36.0 Å². The Morgan fingerprint density at radius 2 is 1.91 bits per heavy atom. The van der Waals surface area contributed by atoms with Gasteiger partial charge in [-0.3, -0.25) is 9.69 Å². The second kappa shape index (κ2) is 6.44. The van der Waals surface area contributed by atoms with Crippen molar-refractivity contribution < 1.29 is 24.3 Å². The zero-order chi connectivity index (χ0) is 16.3. The largest absolute Gasteiger partial charge is 0.479 e. The van der Waals surface area contributed by atoms with Crippen LogP contribution < -0.4 is 5.32 Å². The summed E-state index contributed by atoms with van der Waals surface area (Å²) in [4.78, 5) is 47.3. The molecule has 1 unspecified atom stereocenters. The fourth-order valence-corrected chi connectivity index (χ4v) is 2.11. The van der Waals surface area contributed by atoms with Crippen molar-refractivity contribution in [3.8, 4) is 0 Å². The lowest BCUT2D eigenvalue weighted by Gasteiger charge is -2.19. The molecule has 116 valence electrons. The van der Waals surface area contributed by atoms with Crippen molar-refractivity contribution in [2.24, 2.45) is 0 Å². The summed E-state index contributed by atoms with van der Waals surface area (Å²) < 4.78 is 0. The maximum atomic E-state index is 12.0. The van der Waals surface area contributed by atoms with E-state index < -0.39 is 24.1 Å². The Morgan fingerprint density at radius 1 is 1.27 bits per heavy atom.